The molecule has 2 N–H and O–H groups in total. The van der Waals surface area contributed by atoms with E-state index in [9.17, 15) is 0 Å². The predicted molar refractivity (Wildman–Crippen MR) is 128 cm³/mol. The first-order valence-electron chi connectivity index (χ1n) is 9.62. The Morgan fingerprint density at radius 3 is 2.61 bits per heavy atom. The minimum Gasteiger partial charge on any atom is -0.373 e. The van der Waals surface area contributed by atoms with Gasteiger partial charge in [0.1, 0.15) is 5.01 Å². The van der Waals surface area contributed by atoms with E-state index >= 15 is 0 Å². The highest BCUT2D eigenvalue weighted by Gasteiger charge is 2.27. The van der Waals surface area contributed by atoms with Crippen LogP contribution in [0.1, 0.15) is 45.7 Å². The molecule has 1 aliphatic rings. The average Bonchev–Trinajstić information content (AvgIpc) is 3.00. The summed E-state index contributed by atoms with van der Waals surface area (Å²) in [7, 11) is 1.81. The molecular formula is C21H31IN4OS. The van der Waals surface area contributed by atoms with Gasteiger partial charge in [-0.1, -0.05) is 29.8 Å². The van der Waals surface area contributed by atoms with Crippen molar-refractivity contribution in [2.75, 3.05) is 20.2 Å². The van der Waals surface area contributed by atoms with E-state index in [1.165, 1.54) is 16.0 Å². The number of benzene rings is 1. The Kier molecular flexibility index (Phi) is 9.17. The van der Waals surface area contributed by atoms with Gasteiger partial charge in [0, 0.05) is 31.0 Å². The Labute approximate surface area is 189 Å². The predicted octanol–water partition coefficient (Wildman–Crippen LogP) is 4.52. The average molecular weight is 514 g/mol. The molecule has 0 amide bonds. The zero-order valence-electron chi connectivity index (χ0n) is 17.1. The van der Waals surface area contributed by atoms with Gasteiger partial charge in [-0.05, 0) is 39.2 Å². The summed E-state index contributed by atoms with van der Waals surface area (Å²) in [5.41, 5.74) is 3.66. The number of guanidine groups is 1. The molecule has 0 radical (unpaired) electrons. The minimum absolute atomic E-state index is 0. The number of aryl methyl sites for hydroxylation is 3. The summed E-state index contributed by atoms with van der Waals surface area (Å²) in [6.45, 7) is 8.65. The van der Waals surface area contributed by atoms with Crippen LogP contribution in [0.15, 0.2) is 29.3 Å². The van der Waals surface area contributed by atoms with Crippen LogP contribution in [-0.2, 0) is 11.3 Å². The fraction of sp³-hybridized carbons (Fsp3) is 0.524. The van der Waals surface area contributed by atoms with Crippen LogP contribution >= 0.6 is 35.3 Å². The summed E-state index contributed by atoms with van der Waals surface area (Å²) in [6.07, 6.45) is 2.42. The molecule has 0 bridgehead atoms. The van der Waals surface area contributed by atoms with E-state index in [1.54, 1.807) is 11.3 Å². The van der Waals surface area contributed by atoms with Crippen molar-refractivity contribution < 1.29 is 4.74 Å². The Morgan fingerprint density at radius 2 is 1.96 bits per heavy atom. The van der Waals surface area contributed by atoms with E-state index in [-0.39, 0.29) is 30.1 Å². The molecular weight excluding hydrogens is 483 g/mol. The van der Waals surface area contributed by atoms with Crippen LogP contribution in [0.4, 0.5) is 0 Å². The highest BCUT2D eigenvalue weighted by molar-refractivity contribution is 14.0. The van der Waals surface area contributed by atoms with Crippen molar-refractivity contribution in [1.29, 1.82) is 0 Å². The first-order valence-corrected chi connectivity index (χ1v) is 10.4. The number of rotatable bonds is 5. The number of thiazole rings is 1. The summed E-state index contributed by atoms with van der Waals surface area (Å²) < 4.78 is 6.12. The number of nitrogens with one attached hydrogen (secondary N) is 2. The van der Waals surface area contributed by atoms with Crippen molar-refractivity contribution in [3.8, 4) is 0 Å². The van der Waals surface area contributed by atoms with E-state index in [1.807, 2.05) is 7.05 Å². The molecule has 2 heterocycles. The molecule has 1 fully saturated rings. The Morgan fingerprint density at radius 1 is 1.21 bits per heavy atom. The summed E-state index contributed by atoms with van der Waals surface area (Å²) in [5.74, 6) is 1.25. The number of ether oxygens (including phenoxy) is 1. The molecule has 2 atom stereocenters. The normalized spacial score (nSPS) is 19.8. The van der Waals surface area contributed by atoms with Crippen molar-refractivity contribution in [2.24, 2.45) is 10.9 Å². The van der Waals surface area contributed by atoms with Crippen LogP contribution in [0, 0.1) is 26.7 Å². The van der Waals surface area contributed by atoms with Gasteiger partial charge in [0.05, 0.1) is 18.3 Å². The maximum absolute atomic E-state index is 6.12. The van der Waals surface area contributed by atoms with Gasteiger partial charge < -0.3 is 15.4 Å². The fourth-order valence-electron chi connectivity index (χ4n) is 3.40. The van der Waals surface area contributed by atoms with E-state index in [0.29, 0.717) is 12.5 Å². The maximum Gasteiger partial charge on any atom is 0.191 e. The first kappa shape index (κ1) is 23.1. The van der Waals surface area contributed by atoms with Gasteiger partial charge >= 0.3 is 0 Å². The lowest BCUT2D eigenvalue weighted by atomic mass is 9.89. The molecule has 28 heavy (non-hydrogen) atoms. The summed E-state index contributed by atoms with van der Waals surface area (Å²) in [5, 5.41) is 7.94. The third-order valence-corrected chi connectivity index (χ3v) is 6.16. The lowest BCUT2D eigenvalue weighted by Gasteiger charge is -2.32. The number of aromatic nitrogens is 1. The molecule has 7 heteroatoms. The number of aliphatic imine (C=N–C) groups is 1. The van der Waals surface area contributed by atoms with Crippen LogP contribution in [0.3, 0.4) is 0 Å². The van der Waals surface area contributed by atoms with Crippen LogP contribution in [0.2, 0.25) is 0 Å². The van der Waals surface area contributed by atoms with Gasteiger partial charge in [0.15, 0.2) is 5.96 Å². The van der Waals surface area contributed by atoms with Crippen molar-refractivity contribution >= 4 is 41.3 Å². The fourth-order valence-corrected chi connectivity index (χ4v) is 4.27. The third kappa shape index (κ3) is 6.15. The topological polar surface area (TPSA) is 58.5 Å². The molecule has 1 aliphatic heterocycles. The third-order valence-electron chi connectivity index (χ3n) is 5.09. The lowest BCUT2D eigenvalue weighted by Crippen LogP contribution is -2.41. The molecule has 0 spiro atoms. The zero-order chi connectivity index (χ0) is 19.2. The molecule has 0 aliphatic carbocycles. The van der Waals surface area contributed by atoms with Gasteiger partial charge in [-0.2, -0.15) is 0 Å². The number of hydrogen-bond acceptors (Lipinski definition) is 4. The molecule has 154 valence electrons. The van der Waals surface area contributed by atoms with Gasteiger partial charge in [-0.3, -0.25) is 4.99 Å². The molecule has 2 aromatic rings. The highest BCUT2D eigenvalue weighted by Crippen LogP contribution is 2.33. The summed E-state index contributed by atoms with van der Waals surface area (Å²) in [4.78, 5) is 10.2. The highest BCUT2D eigenvalue weighted by atomic mass is 127. The molecule has 1 saturated heterocycles. The van der Waals surface area contributed by atoms with Gasteiger partial charge in [0.2, 0.25) is 0 Å². The largest absolute Gasteiger partial charge is 0.373 e. The summed E-state index contributed by atoms with van der Waals surface area (Å²) in [6, 6.07) is 8.71. The van der Waals surface area contributed by atoms with E-state index < -0.39 is 0 Å². The Balaban J connectivity index is 0.00000280. The van der Waals surface area contributed by atoms with E-state index in [4.69, 9.17) is 4.74 Å². The van der Waals surface area contributed by atoms with Gasteiger partial charge in [-0.25, -0.2) is 4.98 Å². The molecule has 5 nitrogen and oxygen atoms in total. The Hall–Kier alpha value is -1.19. The molecule has 3 rings (SSSR count). The van der Waals surface area contributed by atoms with Crippen LogP contribution in [-0.4, -0.2) is 31.1 Å². The number of nitrogens with zero attached hydrogens (tertiary/aromatic N) is 2. The van der Waals surface area contributed by atoms with Crippen molar-refractivity contribution in [3.63, 3.8) is 0 Å². The second kappa shape index (κ2) is 11.1. The van der Waals surface area contributed by atoms with E-state index in [2.05, 4.69) is 65.6 Å². The first-order chi connectivity index (χ1) is 13.1. The van der Waals surface area contributed by atoms with Crippen LogP contribution in [0.5, 0.6) is 0 Å². The van der Waals surface area contributed by atoms with Crippen molar-refractivity contribution in [2.45, 2.75) is 46.3 Å². The number of halogens is 1. The van der Waals surface area contributed by atoms with Crippen LogP contribution in [0.25, 0.3) is 0 Å². The smallest absolute Gasteiger partial charge is 0.191 e. The molecule has 2 unspecified atom stereocenters. The SMILES string of the molecule is CN=C(NCc1nc(C)c(C)s1)NCC1CCCOC1c1ccc(C)cc1.I. The Bertz CT molecular complexity index is 756. The zero-order valence-corrected chi connectivity index (χ0v) is 20.3. The minimum atomic E-state index is 0. The second-order valence-electron chi connectivity index (χ2n) is 7.16. The summed E-state index contributed by atoms with van der Waals surface area (Å²) >= 11 is 1.74. The standard InChI is InChI=1S/C21H30N4OS.HI/c1-14-7-9-17(10-8-14)20-18(6-5-11-26-20)12-23-21(22-4)24-13-19-25-15(2)16(3)27-19;/h7-10,18,20H,5-6,11-13H2,1-4H3,(H2,22,23,24);1H. The lowest BCUT2D eigenvalue weighted by molar-refractivity contribution is -0.0265. The second-order valence-corrected chi connectivity index (χ2v) is 8.45. The molecule has 0 saturated carbocycles. The van der Waals surface area contributed by atoms with Crippen molar-refractivity contribution in [3.05, 3.63) is 51.0 Å². The van der Waals surface area contributed by atoms with Crippen LogP contribution < -0.4 is 10.6 Å². The van der Waals surface area contributed by atoms with E-state index in [0.717, 1.165) is 42.7 Å². The molecule has 1 aromatic heterocycles. The van der Waals surface area contributed by atoms with Crippen molar-refractivity contribution in [1.82, 2.24) is 15.6 Å². The quantitative estimate of drug-likeness (QED) is 0.350. The monoisotopic (exact) mass is 514 g/mol. The molecule has 1 aromatic carbocycles. The van der Waals surface area contributed by atoms with Gasteiger partial charge in [-0.15, -0.1) is 35.3 Å². The number of hydrogen-bond donors (Lipinski definition) is 2. The van der Waals surface area contributed by atoms with Gasteiger partial charge in [0.25, 0.3) is 0 Å². The maximum atomic E-state index is 6.12.